The number of nitrogens with one attached hydrogen (secondary N) is 2. The molecule has 8 nitrogen and oxygen atoms in total. The maximum absolute atomic E-state index is 12.8. The van der Waals surface area contributed by atoms with E-state index in [1.165, 1.54) is 23.1 Å². The van der Waals surface area contributed by atoms with Gasteiger partial charge in [-0.15, -0.1) is 9.73 Å². The Bertz CT molecular complexity index is 1160. The Morgan fingerprint density at radius 3 is 2.57 bits per heavy atom. The van der Waals surface area contributed by atoms with Crippen LogP contribution in [0.15, 0.2) is 36.7 Å². The maximum atomic E-state index is 12.8. The van der Waals surface area contributed by atoms with Crippen LogP contribution < -0.4 is 10.6 Å². The molecular formula is C19H15F3N6O2. The predicted octanol–water partition coefficient (Wildman–Crippen LogP) is 2.34. The molecule has 1 aromatic carbocycles. The van der Waals surface area contributed by atoms with Gasteiger partial charge in [0, 0.05) is 12.1 Å². The third kappa shape index (κ3) is 3.15. The smallest absolute Gasteiger partial charge is 0.337 e. The van der Waals surface area contributed by atoms with Gasteiger partial charge < -0.3 is 5.32 Å². The van der Waals surface area contributed by atoms with Crippen molar-refractivity contribution in [2.45, 2.75) is 30.4 Å². The first kappa shape index (κ1) is 18.5. The summed E-state index contributed by atoms with van der Waals surface area (Å²) in [7, 11) is 0. The molecule has 2 N–H and O–H groups in total. The van der Waals surface area contributed by atoms with Gasteiger partial charge in [-0.1, -0.05) is 12.1 Å². The van der Waals surface area contributed by atoms with E-state index in [2.05, 4.69) is 25.8 Å². The molecule has 1 saturated heterocycles. The van der Waals surface area contributed by atoms with Gasteiger partial charge in [-0.2, -0.15) is 18.3 Å². The van der Waals surface area contributed by atoms with Crippen molar-refractivity contribution in [1.82, 2.24) is 30.4 Å². The number of hydrogen-bond acceptors (Lipinski definition) is 5. The van der Waals surface area contributed by atoms with E-state index < -0.39 is 29.6 Å². The first-order valence-corrected chi connectivity index (χ1v) is 9.28. The van der Waals surface area contributed by atoms with Gasteiger partial charge in [-0.25, -0.2) is 9.78 Å². The summed E-state index contributed by atoms with van der Waals surface area (Å²) in [6.45, 7) is 0.115. The number of nitrogens with zero attached hydrogens (tertiary/aromatic N) is 4. The van der Waals surface area contributed by atoms with Crippen LogP contribution in [0.1, 0.15) is 46.6 Å². The summed E-state index contributed by atoms with van der Waals surface area (Å²) in [5.41, 5.74) is 1.94. The largest absolute Gasteiger partial charge is 0.416 e. The highest BCUT2D eigenvalue weighted by molar-refractivity contribution is 6.00. The molecule has 1 unspecified atom stereocenters. The normalized spacial score (nSPS) is 23.9. The number of alkyl halides is 3. The average molecular weight is 416 g/mol. The number of fused-ring (bicyclic) bond motifs is 1. The molecule has 2 fully saturated rings. The number of imide groups is 1. The molecule has 3 aromatic rings. The van der Waals surface area contributed by atoms with Crippen LogP contribution in [-0.2, 0) is 11.0 Å². The molecule has 0 spiro atoms. The van der Waals surface area contributed by atoms with Crippen molar-refractivity contribution in [2.75, 3.05) is 6.54 Å². The minimum Gasteiger partial charge on any atom is -0.337 e. The van der Waals surface area contributed by atoms with Crippen molar-refractivity contribution >= 4 is 17.6 Å². The number of urea groups is 1. The van der Waals surface area contributed by atoms with Crippen molar-refractivity contribution < 1.29 is 22.8 Å². The van der Waals surface area contributed by atoms with E-state index in [1.807, 2.05) is 0 Å². The fourth-order valence-corrected chi connectivity index (χ4v) is 3.90. The van der Waals surface area contributed by atoms with Crippen LogP contribution in [0.3, 0.4) is 0 Å². The van der Waals surface area contributed by atoms with Gasteiger partial charge in [0.15, 0.2) is 5.65 Å². The van der Waals surface area contributed by atoms with Crippen molar-refractivity contribution in [2.24, 2.45) is 0 Å². The van der Waals surface area contributed by atoms with Gasteiger partial charge in [0.05, 0.1) is 17.2 Å². The Kier molecular flexibility index (Phi) is 4.02. The summed E-state index contributed by atoms with van der Waals surface area (Å²) in [5, 5.41) is 13.2. The summed E-state index contributed by atoms with van der Waals surface area (Å²) in [5.74, 6) is -1.05. The van der Waals surface area contributed by atoms with Crippen LogP contribution in [0, 0.1) is 0 Å². The lowest BCUT2D eigenvalue weighted by molar-refractivity contribution is -0.137. The molecule has 2 aromatic heterocycles. The van der Waals surface area contributed by atoms with Gasteiger partial charge >= 0.3 is 12.2 Å². The summed E-state index contributed by atoms with van der Waals surface area (Å²) >= 11 is 0. The third-order valence-electron chi connectivity index (χ3n) is 5.54. The topological polar surface area (TPSA) is 101 Å². The first-order chi connectivity index (χ1) is 14.3. The van der Waals surface area contributed by atoms with E-state index in [-0.39, 0.29) is 18.4 Å². The number of carbonyl (C=O) groups excluding carboxylic acids is 2. The van der Waals surface area contributed by atoms with E-state index in [0.29, 0.717) is 11.3 Å². The number of amides is 3. The van der Waals surface area contributed by atoms with E-state index in [9.17, 15) is 22.8 Å². The van der Waals surface area contributed by atoms with Gasteiger partial charge in [0.2, 0.25) is 5.91 Å². The lowest BCUT2D eigenvalue weighted by Crippen LogP contribution is -2.51. The molecule has 3 heterocycles. The molecule has 3 amide bonds. The summed E-state index contributed by atoms with van der Waals surface area (Å²) < 4.78 is 39.8. The second kappa shape index (κ2) is 6.51. The lowest BCUT2D eigenvalue weighted by atomic mass is 9.99. The van der Waals surface area contributed by atoms with E-state index in [1.54, 1.807) is 6.07 Å². The van der Waals surface area contributed by atoms with Crippen molar-refractivity contribution in [3.05, 3.63) is 59.0 Å². The Morgan fingerprint density at radius 2 is 1.87 bits per heavy atom. The van der Waals surface area contributed by atoms with E-state index in [4.69, 9.17) is 0 Å². The first-order valence-electron chi connectivity index (χ1n) is 9.28. The van der Waals surface area contributed by atoms with Gasteiger partial charge in [0.25, 0.3) is 0 Å². The molecule has 1 saturated carbocycles. The molecule has 3 atom stereocenters. The highest BCUT2D eigenvalue weighted by atomic mass is 19.4. The Labute approximate surface area is 167 Å². The molecule has 154 valence electrons. The van der Waals surface area contributed by atoms with Crippen LogP contribution >= 0.6 is 0 Å². The van der Waals surface area contributed by atoms with Crippen LogP contribution in [0.2, 0.25) is 0 Å². The second-order valence-electron chi connectivity index (χ2n) is 7.42. The predicted molar refractivity (Wildman–Crippen MR) is 96.6 cm³/mol. The SMILES string of the molecule is O=C1NCC(c2cc([C@H]3C[C@@H]3c3ccc(C(F)(F)F)cc3)c3ncnn3n2)C(=O)N1. The molecular weight excluding hydrogens is 401 g/mol. The highest BCUT2D eigenvalue weighted by Gasteiger charge is 2.42. The zero-order valence-corrected chi connectivity index (χ0v) is 15.3. The van der Waals surface area contributed by atoms with Gasteiger partial charge in [-0.3, -0.25) is 10.1 Å². The van der Waals surface area contributed by atoms with Crippen molar-refractivity contribution in [3.63, 3.8) is 0 Å². The number of carbonyl (C=O) groups is 2. The average Bonchev–Trinajstić information content (AvgIpc) is 3.35. The monoisotopic (exact) mass is 416 g/mol. The van der Waals surface area contributed by atoms with Gasteiger partial charge in [-0.05, 0) is 42.0 Å². The molecule has 11 heteroatoms. The fraction of sp³-hybridized carbons (Fsp3) is 0.316. The fourth-order valence-electron chi connectivity index (χ4n) is 3.90. The number of hydrogen-bond donors (Lipinski definition) is 2. The van der Waals surface area contributed by atoms with Gasteiger partial charge in [0.1, 0.15) is 6.33 Å². The lowest BCUT2D eigenvalue weighted by Gasteiger charge is -2.22. The van der Waals surface area contributed by atoms with Crippen LogP contribution in [0.4, 0.5) is 18.0 Å². The molecule has 0 radical (unpaired) electrons. The number of aromatic nitrogens is 4. The molecule has 0 bridgehead atoms. The van der Waals surface area contributed by atoms with E-state index in [0.717, 1.165) is 29.7 Å². The third-order valence-corrected chi connectivity index (χ3v) is 5.54. The molecule has 1 aliphatic heterocycles. The van der Waals surface area contributed by atoms with Crippen LogP contribution in [0.25, 0.3) is 5.65 Å². The Hall–Kier alpha value is -3.50. The molecule has 30 heavy (non-hydrogen) atoms. The maximum Gasteiger partial charge on any atom is 0.416 e. The number of rotatable bonds is 3. The molecule has 1 aliphatic carbocycles. The molecule has 5 rings (SSSR count). The zero-order valence-electron chi connectivity index (χ0n) is 15.3. The van der Waals surface area contributed by atoms with E-state index >= 15 is 0 Å². The minimum atomic E-state index is -4.37. The summed E-state index contributed by atoms with van der Waals surface area (Å²) in [6, 6.07) is 6.40. The van der Waals surface area contributed by atoms with Crippen LogP contribution in [-0.4, -0.2) is 38.3 Å². The van der Waals surface area contributed by atoms with Crippen LogP contribution in [0.5, 0.6) is 0 Å². The minimum absolute atomic E-state index is 0.0245. The molecule has 2 aliphatic rings. The second-order valence-corrected chi connectivity index (χ2v) is 7.42. The summed E-state index contributed by atoms with van der Waals surface area (Å²) in [6.07, 6.45) is -2.27. The summed E-state index contributed by atoms with van der Waals surface area (Å²) in [4.78, 5) is 27.8. The quantitative estimate of drug-likeness (QED) is 0.683. The Morgan fingerprint density at radius 1 is 1.10 bits per heavy atom. The number of benzene rings is 1. The highest BCUT2D eigenvalue weighted by Crippen LogP contribution is 2.55. The Balaban J connectivity index is 1.46. The standard InChI is InChI=1S/C19H15F3N6O2/c20-19(21,22)10-3-1-9(2-4-10)11-5-12(11)13-6-15(27-28-16(13)24-8-25-28)14-7-23-18(30)26-17(14)29/h1-4,6,8,11-12,14H,5,7H2,(H2,23,26,29,30)/t11-,12+,14?/m1/s1. The zero-order chi connectivity index (χ0) is 21.0. The van der Waals surface area contributed by atoms with Crippen molar-refractivity contribution in [1.29, 1.82) is 0 Å². The number of halogens is 3. The van der Waals surface area contributed by atoms with Crippen molar-refractivity contribution in [3.8, 4) is 0 Å².